The molecule has 0 fully saturated rings. The van der Waals surface area contributed by atoms with Crippen LogP contribution in [0.3, 0.4) is 0 Å². The van der Waals surface area contributed by atoms with E-state index in [0.717, 1.165) is 17.7 Å². The summed E-state index contributed by atoms with van der Waals surface area (Å²) in [5.41, 5.74) is 1.15. The standard InChI is InChI=1S/C11H15ClO/c1-4-9(3)13-11-6-5-8(2)7-10(11)12/h5-7,9H,4H2,1-3H3. The molecule has 0 bridgehead atoms. The van der Waals surface area contributed by atoms with E-state index in [0.29, 0.717) is 5.02 Å². The van der Waals surface area contributed by atoms with Gasteiger partial charge in [0.15, 0.2) is 0 Å². The van der Waals surface area contributed by atoms with Crippen molar-refractivity contribution < 1.29 is 4.74 Å². The second kappa shape index (κ2) is 4.52. The molecule has 0 spiro atoms. The molecule has 1 aromatic carbocycles. The Morgan fingerprint density at radius 2 is 2.15 bits per heavy atom. The molecule has 0 saturated carbocycles. The van der Waals surface area contributed by atoms with Crippen LogP contribution in [0.2, 0.25) is 5.02 Å². The van der Waals surface area contributed by atoms with E-state index in [2.05, 4.69) is 6.92 Å². The van der Waals surface area contributed by atoms with Crippen molar-refractivity contribution in [3.63, 3.8) is 0 Å². The zero-order valence-electron chi connectivity index (χ0n) is 8.30. The number of aryl methyl sites for hydroxylation is 1. The van der Waals surface area contributed by atoms with Crippen molar-refractivity contribution in [2.75, 3.05) is 0 Å². The van der Waals surface area contributed by atoms with Crippen LogP contribution in [0.1, 0.15) is 25.8 Å². The lowest BCUT2D eigenvalue weighted by Gasteiger charge is -2.13. The summed E-state index contributed by atoms with van der Waals surface area (Å²) in [6.45, 7) is 6.14. The lowest BCUT2D eigenvalue weighted by atomic mass is 10.2. The van der Waals surface area contributed by atoms with Crippen molar-refractivity contribution in [2.24, 2.45) is 0 Å². The Morgan fingerprint density at radius 3 is 2.69 bits per heavy atom. The van der Waals surface area contributed by atoms with Crippen LogP contribution in [-0.2, 0) is 0 Å². The van der Waals surface area contributed by atoms with Crippen molar-refractivity contribution in [2.45, 2.75) is 33.3 Å². The summed E-state index contributed by atoms with van der Waals surface area (Å²) in [5.74, 6) is 0.779. The Bertz CT molecular complexity index is 283. The second-order valence-corrected chi connectivity index (χ2v) is 3.68. The summed E-state index contributed by atoms with van der Waals surface area (Å²) in [7, 11) is 0. The van der Waals surface area contributed by atoms with Crippen LogP contribution in [0.5, 0.6) is 5.75 Å². The average molecular weight is 199 g/mol. The van der Waals surface area contributed by atoms with E-state index in [4.69, 9.17) is 16.3 Å². The van der Waals surface area contributed by atoms with Crippen LogP contribution in [-0.4, -0.2) is 6.10 Å². The van der Waals surface area contributed by atoms with Gasteiger partial charge in [0.25, 0.3) is 0 Å². The van der Waals surface area contributed by atoms with Gasteiger partial charge in [-0.25, -0.2) is 0 Å². The first-order valence-electron chi connectivity index (χ1n) is 4.56. The Hall–Kier alpha value is -0.690. The van der Waals surface area contributed by atoms with Gasteiger partial charge in [-0.05, 0) is 38.0 Å². The SMILES string of the molecule is CCC(C)Oc1ccc(C)cc1Cl. The highest BCUT2D eigenvalue weighted by atomic mass is 35.5. The van der Waals surface area contributed by atoms with Gasteiger partial charge in [-0.15, -0.1) is 0 Å². The van der Waals surface area contributed by atoms with Gasteiger partial charge in [0, 0.05) is 0 Å². The second-order valence-electron chi connectivity index (χ2n) is 3.27. The Labute approximate surface area is 84.7 Å². The highest BCUT2D eigenvalue weighted by molar-refractivity contribution is 6.32. The van der Waals surface area contributed by atoms with Gasteiger partial charge in [0.05, 0.1) is 11.1 Å². The molecule has 2 heteroatoms. The minimum Gasteiger partial charge on any atom is -0.489 e. The van der Waals surface area contributed by atoms with E-state index < -0.39 is 0 Å². The van der Waals surface area contributed by atoms with Crippen LogP contribution < -0.4 is 4.74 Å². The van der Waals surface area contributed by atoms with Crippen LogP contribution >= 0.6 is 11.6 Å². The van der Waals surface area contributed by atoms with E-state index in [-0.39, 0.29) is 6.10 Å². The van der Waals surface area contributed by atoms with Crippen LogP contribution in [0.15, 0.2) is 18.2 Å². The molecule has 1 nitrogen and oxygen atoms in total. The summed E-state index contributed by atoms with van der Waals surface area (Å²) < 4.78 is 5.62. The molecule has 0 aliphatic heterocycles. The third-order valence-corrected chi connectivity index (χ3v) is 2.29. The quantitative estimate of drug-likeness (QED) is 0.718. The van der Waals surface area contributed by atoms with Crippen LogP contribution in [0, 0.1) is 6.92 Å². The van der Waals surface area contributed by atoms with Crippen molar-refractivity contribution in [1.82, 2.24) is 0 Å². The molecule has 0 saturated heterocycles. The van der Waals surface area contributed by atoms with E-state index >= 15 is 0 Å². The van der Waals surface area contributed by atoms with Gasteiger partial charge in [-0.2, -0.15) is 0 Å². The molecule has 0 aromatic heterocycles. The normalized spacial score (nSPS) is 12.6. The summed E-state index contributed by atoms with van der Waals surface area (Å²) >= 11 is 6.01. The van der Waals surface area contributed by atoms with Crippen LogP contribution in [0.4, 0.5) is 0 Å². The van der Waals surface area contributed by atoms with E-state index in [1.54, 1.807) is 0 Å². The maximum absolute atomic E-state index is 6.01. The summed E-state index contributed by atoms with van der Waals surface area (Å²) in [6, 6.07) is 5.84. The molecule has 0 amide bonds. The molecule has 0 radical (unpaired) electrons. The van der Waals surface area contributed by atoms with Crippen molar-refractivity contribution >= 4 is 11.6 Å². The average Bonchev–Trinajstić information content (AvgIpc) is 2.09. The first-order valence-corrected chi connectivity index (χ1v) is 4.94. The molecule has 1 unspecified atom stereocenters. The van der Waals surface area contributed by atoms with Gasteiger partial charge in [0.1, 0.15) is 5.75 Å². The van der Waals surface area contributed by atoms with Crippen molar-refractivity contribution in [1.29, 1.82) is 0 Å². The molecule has 72 valence electrons. The zero-order chi connectivity index (χ0) is 9.84. The number of rotatable bonds is 3. The third-order valence-electron chi connectivity index (χ3n) is 1.99. The highest BCUT2D eigenvalue weighted by Crippen LogP contribution is 2.26. The van der Waals surface area contributed by atoms with E-state index in [1.807, 2.05) is 32.0 Å². The Balaban J connectivity index is 2.77. The molecule has 0 N–H and O–H groups in total. The summed E-state index contributed by atoms with van der Waals surface area (Å²) in [6.07, 6.45) is 1.21. The number of hydrogen-bond donors (Lipinski definition) is 0. The fourth-order valence-electron chi connectivity index (χ4n) is 1.00. The molecule has 0 aliphatic carbocycles. The van der Waals surface area contributed by atoms with Gasteiger partial charge in [0.2, 0.25) is 0 Å². The zero-order valence-corrected chi connectivity index (χ0v) is 9.06. The largest absolute Gasteiger partial charge is 0.489 e. The smallest absolute Gasteiger partial charge is 0.138 e. The fourth-order valence-corrected chi connectivity index (χ4v) is 1.28. The van der Waals surface area contributed by atoms with Crippen LogP contribution in [0.25, 0.3) is 0 Å². The maximum atomic E-state index is 6.01. The van der Waals surface area contributed by atoms with E-state index in [1.165, 1.54) is 0 Å². The molecule has 1 atom stereocenters. The van der Waals surface area contributed by atoms with Crippen molar-refractivity contribution in [3.05, 3.63) is 28.8 Å². The first-order chi connectivity index (χ1) is 6.13. The highest BCUT2D eigenvalue weighted by Gasteiger charge is 2.04. The summed E-state index contributed by atoms with van der Waals surface area (Å²) in [4.78, 5) is 0. The molecular weight excluding hydrogens is 184 g/mol. The van der Waals surface area contributed by atoms with E-state index in [9.17, 15) is 0 Å². The molecule has 0 heterocycles. The Kier molecular flexibility index (Phi) is 3.61. The number of halogens is 1. The number of benzene rings is 1. The maximum Gasteiger partial charge on any atom is 0.138 e. The predicted octanol–water partition coefficient (Wildman–Crippen LogP) is 3.83. The monoisotopic (exact) mass is 198 g/mol. The predicted molar refractivity (Wildman–Crippen MR) is 56.6 cm³/mol. The molecule has 13 heavy (non-hydrogen) atoms. The lowest BCUT2D eigenvalue weighted by Crippen LogP contribution is -2.09. The third kappa shape index (κ3) is 2.92. The molecular formula is C11H15ClO. The summed E-state index contributed by atoms with van der Waals surface area (Å²) in [5, 5.41) is 0.695. The van der Waals surface area contributed by atoms with Gasteiger partial charge < -0.3 is 4.74 Å². The van der Waals surface area contributed by atoms with Gasteiger partial charge >= 0.3 is 0 Å². The first kappa shape index (κ1) is 10.4. The molecule has 0 aliphatic rings. The number of hydrogen-bond acceptors (Lipinski definition) is 1. The molecule has 1 aromatic rings. The number of ether oxygens (including phenoxy) is 1. The topological polar surface area (TPSA) is 9.23 Å². The Morgan fingerprint density at radius 1 is 1.46 bits per heavy atom. The fraction of sp³-hybridized carbons (Fsp3) is 0.455. The lowest BCUT2D eigenvalue weighted by molar-refractivity contribution is 0.217. The van der Waals surface area contributed by atoms with Crippen molar-refractivity contribution in [3.8, 4) is 5.75 Å². The molecule has 1 rings (SSSR count). The minimum atomic E-state index is 0.222. The van der Waals surface area contributed by atoms with Gasteiger partial charge in [-0.1, -0.05) is 24.6 Å². The minimum absolute atomic E-state index is 0.222. The van der Waals surface area contributed by atoms with Gasteiger partial charge in [-0.3, -0.25) is 0 Å².